The monoisotopic (exact) mass is 461 g/mol. The van der Waals surface area contributed by atoms with Crippen LogP contribution in [0.4, 0.5) is 5.95 Å². The lowest BCUT2D eigenvalue weighted by molar-refractivity contribution is 0.131. The Morgan fingerprint density at radius 2 is 1.94 bits per heavy atom. The molecule has 0 saturated carbocycles. The van der Waals surface area contributed by atoms with Crippen LogP contribution in [-0.2, 0) is 4.74 Å². The molecule has 4 aromatic rings. The van der Waals surface area contributed by atoms with Crippen LogP contribution in [0, 0.1) is 0 Å². The maximum absolute atomic E-state index is 6.63. The molecule has 0 amide bonds. The van der Waals surface area contributed by atoms with Crippen molar-refractivity contribution in [2.24, 2.45) is 0 Å². The quantitative estimate of drug-likeness (QED) is 0.406. The Labute approximate surface area is 199 Å². The highest BCUT2D eigenvalue weighted by molar-refractivity contribution is 6.33. The van der Waals surface area contributed by atoms with Gasteiger partial charge < -0.3 is 14.6 Å². The first-order valence-electron chi connectivity index (χ1n) is 11.4. The third-order valence-corrected chi connectivity index (χ3v) is 6.47. The van der Waals surface area contributed by atoms with Gasteiger partial charge in [0.25, 0.3) is 0 Å². The van der Waals surface area contributed by atoms with Gasteiger partial charge in [0, 0.05) is 49.1 Å². The van der Waals surface area contributed by atoms with E-state index in [1.165, 1.54) is 0 Å². The van der Waals surface area contributed by atoms with Crippen molar-refractivity contribution in [3.63, 3.8) is 0 Å². The number of likely N-dealkylation sites (tertiary alicyclic amines) is 1. The fourth-order valence-electron chi connectivity index (χ4n) is 4.58. The number of fused-ring (bicyclic) bond motifs is 1. The van der Waals surface area contributed by atoms with Crippen LogP contribution in [0.3, 0.4) is 0 Å². The lowest BCUT2D eigenvalue weighted by Gasteiger charge is -2.32. The third-order valence-electron chi connectivity index (χ3n) is 6.20. The van der Waals surface area contributed by atoms with Crippen LogP contribution in [0.15, 0.2) is 67.0 Å². The Kier molecular flexibility index (Phi) is 6.58. The molecule has 1 aliphatic rings. The number of benzene rings is 2. The molecule has 1 fully saturated rings. The summed E-state index contributed by atoms with van der Waals surface area (Å²) in [5.74, 6) is 0.615. The molecule has 5 rings (SSSR count). The molecule has 1 N–H and O–H groups in total. The number of methoxy groups -OCH3 is 1. The number of ether oxygens (including phenoxy) is 1. The lowest BCUT2D eigenvalue weighted by Crippen LogP contribution is -2.43. The smallest absolute Gasteiger partial charge is 0.223 e. The molecule has 33 heavy (non-hydrogen) atoms. The predicted octanol–water partition coefficient (Wildman–Crippen LogP) is 5.26. The first kappa shape index (κ1) is 21.9. The van der Waals surface area contributed by atoms with Crippen molar-refractivity contribution in [3.05, 3.63) is 72.0 Å². The van der Waals surface area contributed by atoms with E-state index in [2.05, 4.69) is 56.3 Å². The Balaban J connectivity index is 1.47. The van der Waals surface area contributed by atoms with Crippen LogP contribution in [0.1, 0.15) is 12.8 Å². The molecule has 7 heteroatoms. The number of piperidine rings is 1. The molecule has 0 bridgehead atoms. The Bertz CT molecular complexity index is 1230. The molecule has 0 aliphatic carbocycles. The first-order valence-corrected chi connectivity index (χ1v) is 11.8. The average Bonchev–Trinajstić information content (AvgIpc) is 3.24. The van der Waals surface area contributed by atoms with Gasteiger partial charge in [0.15, 0.2) is 0 Å². The summed E-state index contributed by atoms with van der Waals surface area (Å²) in [7, 11) is 1.75. The number of hydrogen-bond acceptors (Lipinski definition) is 5. The van der Waals surface area contributed by atoms with Crippen molar-refractivity contribution in [2.45, 2.75) is 18.9 Å². The van der Waals surface area contributed by atoms with Crippen LogP contribution < -0.4 is 5.32 Å². The SMILES string of the molecule is COCCN1CCC[C@H](Nc2ncc(Cl)c(-c3cn(-c4ccccc4)c4ccccc34)n2)C1. The second kappa shape index (κ2) is 9.91. The van der Waals surface area contributed by atoms with Crippen molar-refractivity contribution < 1.29 is 4.74 Å². The van der Waals surface area contributed by atoms with Crippen LogP contribution in [-0.4, -0.2) is 58.8 Å². The fourth-order valence-corrected chi connectivity index (χ4v) is 4.77. The molecular formula is C26H28ClN5O. The molecule has 1 aliphatic heterocycles. The standard InChI is InChI=1S/C26H28ClN5O/c1-33-15-14-31-13-7-8-19(17-31)29-26-28-16-23(27)25(30-26)22-18-32(20-9-3-2-4-10-20)24-12-6-5-11-21(22)24/h2-6,9-12,16,18-19H,7-8,13-15,17H2,1H3,(H,28,29,30)/t19-/m0/s1. The molecular weight excluding hydrogens is 434 g/mol. The van der Waals surface area contributed by atoms with Gasteiger partial charge in [0.1, 0.15) is 0 Å². The van der Waals surface area contributed by atoms with Gasteiger partial charge in [0.05, 0.1) is 29.0 Å². The summed E-state index contributed by atoms with van der Waals surface area (Å²) in [6.07, 6.45) is 6.06. The van der Waals surface area contributed by atoms with E-state index >= 15 is 0 Å². The Morgan fingerprint density at radius 3 is 2.79 bits per heavy atom. The van der Waals surface area contributed by atoms with Gasteiger partial charge >= 0.3 is 0 Å². The third kappa shape index (κ3) is 4.74. The summed E-state index contributed by atoms with van der Waals surface area (Å²) in [6.45, 7) is 3.76. The second-order valence-electron chi connectivity index (χ2n) is 8.43. The van der Waals surface area contributed by atoms with Gasteiger partial charge in [-0.25, -0.2) is 9.97 Å². The molecule has 0 unspecified atom stereocenters. The molecule has 2 aromatic heterocycles. The van der Waals surface area contributed by atoms with Crippen LogP contribution in [0.25, 0.3) is 27.8 Å². The van der Waals surface area contributed by atoms with E-state index in [0.717, 1.165) is 66.9 Å². The highest BCUT2D eigenvalue weighted by atomic mass is 35.5. The average molecular weight is 462 g/mol. The van der Waals surface area contributed by atoms with Gasteiger partial charge in [-0.1, -0.05) is 48.0 Å². The normalized spacial score (nSPS) is 16.8. The Morgan fingerprint density at radius 1 is 1.12 bits per heavy atom. The number of rotatable bonds is 7. The van der Waals surface area contributed by atoms with E-state index in [9.17, 15) is 0 Å². The van der Waals surface area contributed by atoms with Crippen LogP contribution >= 0.6 is 11.6 Å². The highest BCUT2D eigenvalue weighted by Gasteiger charge is 2.21. The maximum atomic E-state index is 6.63. The number of aromatic nitrogens is 3. The van der Waals surface area contributed by atoms with Gasteiger partial charge in [-0.15, -0.1) is 0 Å². The van der Waals surface area contributed by atoms with E-state index in [4.69, 9.17) is 21.3 Å². The Hall–Kier alpha value is -2.93. The molecule has 2 aromatic carbocycles. The molecule has 6 nitrogen and oxygen atoms in total. The number of hydrogen-bond donors (Lipinski definition) is 1. The lowest BCUT2D eigenvalue weighted by atomic mass is 10.1. The molecule has 0 radical (unpaired) electrons. The zero-order valence-electron chi connectivity index (χ0n) is 18.7. The van der Waals surface area contributed by atoms with Crippen molar-refractivity contribution in [1.29, 1.82) is 0 Å². The summed E-state index contributed by atoms with van der Waals surface area (Å²) < 4.78 is 7.43. The number of para-hydroxylation sites is 2. The topological polar surface area (TPSA) is 55.2 Å². The maximum Gasteiger partial charge on any atom is 0.223 e. The van der Waals surface area contributed by atoms with Crippen molar-refractivity contribution in [1.82, 2.24) is 19.4 Å². The number of nitrogens with zero attached hydrogens (tertiary/aromatic N) is 4. The fraction of sp³-hybridized carbons (Fsp3) is 0.308. The molecule has 1 saturated heterocycles. The van der Waals surface area contributed by atoms with Crippen molar-refractivity contribution >= 4 is 28.5 Å². The highest BCUT2D eigenvalue weighted by Crippen LogP contribution is 2.35. The van der Waals surface area contributed by atoms with E-state index < -0.39 is 0 Å². The van der Waals surface area contributed by atoms with E-state index in [1.54, 1.807) is 13.3 Å². The predicted molar refractivity (Wildman–Crippen MR) is 134 cm³/mol. The van der Waals surface area contributed by atoms with Crippen molar-refractivity contribution in [2.75, 3.05) is 38.7 Å². The molecule has 0 spiro atoms. The molecule has 1 atom stereocenters. The van der Waals surface area contributed by atoms with Crippen LogP contribution in [0.2, 0.25) is 5.02 Å². The van der Waals surface area contributed by atoms with E-state index in [1.807, 2.05) is 24.3 Å². The van der Waals surface area contributed by atoms with E-state index in [-0.39, 0.29) is 0 Å². The minimum atomic E-state index is 0.301. The summed E-state index contributed by atoms with van der Waals surface area (Å²) >= 11 is 6.63. The zero-order valence-corrected chi connectivity index (χ0v) is 19.5. The van der Waals surface area contributed by atoms with E-state index in [0.29, 0.717) is 17.0 Å². The minimum absolute atomic E-state index is 0.301. The zero-order chi connectivity index (χ0) is 22.6. The summed E-state index contributed by atoms with van der Waals surface area (Å²) in [4.78, 5) is 11.8. The number of nitrogens with one attached hydrogen (secondary N) is 1. The van der Waals surface area contributed by atoms with Crippen LogP contribution in [0.5, 0.6) is 0 Å². The number of halogens is 1. The summed E-state index contributed by atoms with van der Waals surface area (Å²) in [5, 5.41) is 5.19. The first-order chi connectivity index (χ1) is 16.2. The summed E-state index contributed by atoms with van der Waals surface area (Å²) in [5.41, 5.74) is 3.95. The van der Waals surface area contributed by atoms with Crippen molar-refractivity contribution in [3.8, 4) is 16.9 Å². The molecule has 3 heterocycles. The van der Waals surface area contributed by atoms with Gasteiger partial charge in [-0.2, -0.15) is 0 Å². The summed E-state index contributed by atoms with van der Waals surface area (Å²) in [6, 6.07) is 19.0. The minimum Gasteiger partial charge on any atom is -0.383 e. The van der Waals surface area contributed by atoms with Gasteiger partial charge in [-0.05, 0) is 37.6 Å². The largest absolute Gasteiger partial charge is 0.383 e. The number of anilines is 1. The second-order valence-corrected chi connectivity index (χ2v) is 8.84. The van der Waals surface area contributed by atoms with Gasteiger partial charge in [0.2, 0.25) is 5.95 Å². The van der Waals surface area contributed by atoms with Gasteiger partial charge in [-0.3, -0.25) is 4.90 Å². The molecule has 170 valence electrons.